The topological polar surface area (TPSA) is 48.1 Å². The minimum Gasteiger partial charge on any atom is -0.356 e. The predicted molar refractivity (Wildman–Crippen MR) is 132 cm³/mol. The average molecular weight is 434 g/mol. The summed E-state index contributed by atoms with van der Waals surface area (Å²) in [5, 5.41) is 5.32. The van der Waals surface area contributed by atoms with Crippen molar-refractivity contribution in [3.63, 3.8) is 0 Å². The lowest BCUT2D eigenvalue weighted by Gasteiger charge is -2.33. The van der Waals surface area contributed by atoms with Crippen molar-refractivity contribution in [2.45, 2.75) is 64.6 Å². The van der Waals surface area contributed by atoms with Crippen LogP contribution >= 0.6 is 12.2 Å². The molecule has 0 spiro atoms. The summed E-state index contributed by atoms with van der Waals surface area (Å²) in [5.74, 6) is 0. The van der Waals surface area contributed by atoms with E-state index in [9.17, 15) is 4.79 Å². The molecule has 1 aliphatic carbocycles. The fourth-order valence-corrected chi connectivity index (χ4v) is 4.89. The van der Waals surface area contributed by atoms with Crippen LogP contribution in [0.15, 0.2) is 59.4 Å². The van der Waals surface area contributed by atoms with Crippen molar-refractivity contribution >= 4 is 28.2 Å². The molecule has 1 aromatic heterocycles. The normalized spacial score (nSPS) is 15.2. The Labute approximate surface area is 189 Å². The molecule has 4 rings (SSSR count). The van der Waals surface area contributed by atoms with Crippen molar-refractivity contribution in [2.75, 3.05) is 0 Å². The lowest BCUT2D eigenvalue weighted by Crippen LogP contribution is -2.46. The van der Waals surface area contributed by atoms with Gasteiger partial charge in [-0.2, -0.15) is 0 Å². The average Bonchev–Trinajstić information content (AvgIpc) is 3.32. The van der Waals surface area contributed by atoms with Crippen molar-refractivity contribution < 1.29 is 0 Å². The zero-order valence-electron chi connectivity index (χ0n) is 18.4. The van der Waals surface area contributed by atoms with Gasteiger partial charge in [0, 0.05) is 17.1 Å². The Bertz CT molecular complexity index is 1100. The highest BCUT2D eigenvalue weighted by Crippen LogP contribution is 2.26. The number of benzene rings is 2. The third-order valence-electron chi connectivity index (χ3n) is 6.40. The van der Waals surface area contributed by atoms with Gasteiger partial charge in [-0.1, -0.05) is 56.2 Å². The van der Waals surface area contributed by atoms with E-state index < -0.39 is 0 Å². The first-order valence-corrected chi connectivity index (χ1v) is 11.7. The molecule has 31 heavy (non-hydrogen) atoms. The number of aryl methyl sites for hydroxylation is 1. The van der Waals surface area contributed by atoms with Crippen molar-refractivity contribution in [1.82, 2.24) is 15.2 Å². The smallest absolute Gasteiger partial charge is 0.253 e. The molecule has 5 heteroatoms. The molecule has 0 radical (unpaired) electrons. The van der Waals surface area contributed by atoms with E-state index in [0.29, 0.717) is 12.6 Å². The highest BCUT2D eigenvalue weighted by atomic mass is 32.1. The molecule has 0 aliphatic heterocycles. The van der Waals surface area contributed by atoms with Crippen LogP contribution in [0.4, 0.5) is 0 Å². The van der Waals surface area contributed by atoms with Gasteiger partial charge in [0.2, 0.25) is 0 Å². The van der Waals surface area contributed by atoms with E-state index in [1.807, 2.05) is 30.3 Å². The molecule has 1 saturated carbocycles. The van der Waals surface area contributed by atoms with Gasteiger partial charge in [-0.25, -0.2) is 0 Å². The predicted octanol–water partition coefficient (Wildman–Crippen LogP) is 5.47. The van der Waals surface area contributed by atoms with E-state index in [4.69, 9.17) is 12.2 Å². The molecule has 2 aromatic carbocycles. The zero-order chi connectivity index (χ0) is 21.8. The molecule has 162 valence electrons. The van der Waals surface area contributed by atoms with Crippen LogP contribution < -0.4 is 10.9 Å². The quantitative estimate of drug-likeness (QED) is 0.506. The number of pyridine rings is 1. The van der Waals surface area contributed by atoms with Crippen LogP contribution in [0, 0.1) is 0 Å². The zero-order valence-corrected chi connectivity index (χ0v) is 19.2. The van der Waals surface area contributed by atoms with Crippen LogP contribution in [0.5, 0.6) is 0 Å². The Balaban J connectivity index is 1.60. The number of fused-ring (bicyclic) bond motifs is 1. The van der Waals surface area contributed by atoms with Crippen LogP contribution in [0.25, 0.3) is 10.9 Å². The number of rotatable bonds is 6. The van der Waals surface area contributed by atoms with Crippen molar-refractivity contribution in [3.8, 4) is 0 Å². The van der Waals surface area contributed by atoms with Gasteiger partial charge in [-0.05, 0) is 73.1 Å². The first kappa shape index (κ1) is 21.6. The van der Waals surface area contributed by atoms with Crippen molar-refractivity contribution in [3.05, 3.63) is 81.6 Å². The van der Waals surface area contributed by atoms with Gasteiger partial charge in [0.25, 0.3) is 5.56 Å². The molecular formula is C26H31N3OS. The molecule has 1 heterocycles. The fraction of sp³-hybridized carbons (Fsp3) is 0.385. The Morgan fingerprint density at radius 3 is 2.61 bits per heavy atom. The minimum atomic E-state index is -0.0290. The first-order chi connectivity index (χ1) is 15.0. The Kier molecular flexibility index (Phi) is 6.71. The highest BCUT2D eigenvalue weighted by molar-refractivity contribution is 7.80. The van der Waals surface area contributed by atoms with Crippen LogP contribution in [0.1, 0.15) is 62.3 Å². The van der Waals surface area contributed by atoms with Crippen molar-refractivity contribution in [1.29, 1.82) is 0 Å². The summed E-state index contributed by atoms with van der Waals surface area (Å²) in [6.07, 6.45) is 5.64. The van der Waals surface area contributed by atoms with Crippen molar-refractivity contribution in [2.24, 2.45) is 0 Å². The first-order valence-electron chi connectivity index (χ1n) is 11.3. The van der Waals surface area contributed by atoms with E-state index in [1.54, 1.807) is 0 Å². The van der Waals surface area contributed by atoms with E-state index in [2.05, 4.69) is 53.3 Å². The molecule has 4 nitrogen and oxygen atoms in total. The second-order valence-corrected chi connectivity index (χ2v) is 8.93. The molecule has 1 atom stereocenters. The largest absolute Gasteiger partial charge is 0.356 e. The van der Waals surface area contributed by atoms with Gasteiger partial charge in [0.15, 0.2) is 5.11 Å². The molecule has 0 bridgehead atoms. The van der Waals surface area contributed by atoms with Crippen LogP contribution in [0.2, 0.25) is 0 Å². The highest BCUT2D eigenvalue weighted by Gasteiger charge is 2.26. The Morgan fingerprint density at radius 1 is 1.16 bits per heavy atom. The molecule has 1 fully saturated rings. The number of nitrogens with one attached hydrogen (secondary N) is 2. The SMILES string of the molecule is CCc1ccc2[nH]c(=O)c(CN(C(=S)N[C@H](C)c3ccccc3)C3CCCC3)cc2c1. The maximum absolute atomic E-state index is 12.9. The third-order valence-corrected chi connectivity index (χ3v) is 6.75. The number of aromatic nitrogens is 1. The summed E-state index contributed by atoms with van der Waals surface area (Å²) in [4.78, 5) is 18.2. The molecule has 2 N–H and O–H groups in total. The summed E-state index contributed by atoms with van der Waals surface area (Å²) in [6, 6.07) is 19.1. The summed E-state index contributed by atoms with van der Waals surface area (Å²) >= 11 is 5.87. The van der Waals surface area contributed by atoms with Crippen LogP contribution in [-0.4, -0.2) is 21.0 Å². The number of thiocarbonyl (C=S) groups is 1. The molecule has 1 aliphatic rings. The van der Waals surface area contributed by atoms with Gasteiger partial charge in [0.05, 0.1) is 12.6 Å². The summed E-state index contributed by atoms with van der Waals surface area (Å²) < 4.78 is 0. The van der Waals surface area contributed by atoms with Gasteiger partial charge >= 0.3 is 0 Å². The van der Waals surface area contributed by atoms with E-state index >= 15 is 0 Å². The van der Waals surface area contributed by atoms with E-state index in [-0.39, 0.29) is 11.6 Å². The second-order valence-electron chi connectivity index (χ2n) is 8.55. The van der Waals surface area contributed by atoms with E-state index in [0.717, 1.165) is 40.8 Å². The number of hydrogen-bond acceptors (Lipinski definition) is 2. The van der Waals surface area contributed by atoms with Gasteiger partial charge < -0.3 is 15.2 Å². The Hall–Kier alpha value is -2.66. The fourth-order valence-electron chi connectivity index (χ4n) is 4.50. The van der Waals surface area contributed by atoms with Crippen LogP contribution in [-0.2, 0) is 13.0 Å². The molecule has 0 amide bonds. The molecular weight excluding hydrogens is 402 g/mol. The maximum atomic E-state index is 12.9. The monoisotopic (exact) mass is 433 g/mol. The van der Waals surface area contributed by atoms with Gasteiger partial charge in [-0.3, -0.25) is 4.79 Å². The molecule has 3 aromatic rings. The minimum absolute atomic E-state index is 0.0290. The summed E-state index contributed by atoms with van der Waals surface area (Å²) in [6.45, 7) is 4.80. The molecule has 0 saturated heterocycles. The number of aromatic amines is 1. The van der Waals surface area contributed by atoms with Crippen LogP contribution in [0.3, 0.4) is 0 Å². The number of nitrogens with zero attached hydrogens (tertiary/aromatic N) is 1. The lowest BCUT2D eigenvalue weighted by atomic mass is 10.1. The second kappa shape index (κ2) is 9.65. The number of hydrogen-bond donors (Lipinski definition) is 2. The van der Waals surface area contributed by atoms with Gasteiger partial charge in [0.1, 0.15) is 0 Å². The molecule has 0 unspecified atom stereocenters. The Morgan fingerprint density at radius 2 is 1.90 bits per heavy atom. The summed E-state index contributed by atoms with van der Waals surface area (Å²) in [5.41, 5.74) is 4.10. The number of H-pyrrole nitrogens is 1. The maximum Gasteiger partial charge on any atom is 0.253 e. The van der Waals surface area contributed by atoms with Gasteiger partial charge in [-0.15, -0.1) is 0 Å². The lowest BCUT2D eigenvalue weighted by molar-refractivity contribution is 0.300. The van der Waals surface area contributed by atoms with E-state index in [1.165, 1.54) is 24.0 Å². The summed E-state index contributed by atoms with van der Waals surface area (Å²) in [7, 11) is 0. The standard InChI is InChI=1S/C26H31N3OS/c1-3-19-13-14-24-21(15-19)16-22(25(30)28-24)17-29(23-11-7-8-12-23)26(31)27-18(2)20-9-5-4-6-10-20/h4-6,9-10,13-16,18,23H,3,7-8,11-12,17H2,1-2H3,(H,27,31)(H,28,30)/t18-/m1/s1. The third kappa shape index (κ3) is 4.99.